The molecule has 1 rings (SSSR count). The molecule has 0 spiro atoms. The van der Waals surface area contributed by atoms with Gasteiger partial charge in [0.05, 0.1) is 11.8 Å². The van der Waals surface area contributed by atoms with Crippen molar-refractivity contribution in [3.63, 3.8) is 0 Å². The van der Waals surface area contributed by atoms with Crippen molar-refractivity contribution in [3.05, 3.63) is 23.6 Å². The maximum absolute atomic E-state index is 12.6. The molecule has 0 amide bonds. The molecule has 1 heterocycles. The van der Waals surface area contributed by atoms with E-state index in [1.54, 1.807) is 0 Å². The van der Waals surface area contributed by atoms with Crippen LogP contribution in [0.15, 0.2) is 12.3 Å². The van der Waals surface area contributed by atoms with E-state index in [0.717, 1.165) is 6.07 Å². The lowest BCUT2D eigenvalue weighted by Gasteiger charge is -2.02. The van der Waals surface area contributed by atoms with Gasteiger partial charge in [0, 0.05) is 6.07 Å². The Morgan fingerprint density at radius 1 is 1.54 bits per heavy atom. The third-order valence-electron chi connectivity index (χ3n) is 1.20. The van der Waals surface area contributed by atoms with Crippen LogP contribution in [0.1, 0.15) is 10.4 Å². The van der Waals surface area contributed by atoms with Crippen LogP contribution in [0.4, 0.5) is 13.2 Å². The van der Waals surface area contributed by atoms with Gasteiger partial charge in [-0.1, -0.05) is 0 Å². The fraction of sp³-hybridized carbons (Fsp3) is 0.143. The molecule has 3 nitrogen and oxygen atoms in total. The van der Waals surface area contributed by atoms with E-state index in [-0.39, 0.29) is 11.8 Å². The number of aldehydes is 1. The number of carbonyl (C=O) groups is 1. The lowest BCUT2D eigenvalue weighted by atomic mass is 10.3. The summed E-state index contributed by atoms with van der Waals surface area (Å²) in [7, 11) is 0. The number of hydrogen-bond acceptors (Lipinski definition) is 3. The minimum atomic E-state index is -3.04. The average molecular weight is 191 g/mol. The Bertz CT molecular complexity index is 317. The standard InChI is InChI=1S/C7H4F3NO2/c8-5-2-11-6(13-7(9)10)1-4(5)3-12/h1-3,7H. The van der Waals surface area contributed by atoms with Gasteiger partial charge in [0.15, 0.2) is 12.1 Å². The Hall–Kier alpha value is -1.59. The molecule has 0 fully saturated rings. The summed E-state index contributed by atoms with van der Waals surface area (Å²) >= 11 is 0. The Balaban J connectivity index is 2.92. The Morgan fingerprint density at radius 2 is 2.23 bits per heavy atom. The topological polar surface area (TPSA) is 39.2 Å². The maximum Gasteiger partial charge on any atom is 0.388 e. The van der Waals surface area contributed by atoms with Crippen LogP contribution in [0.5, 0.6) is 5.88 Å². The number of aromatic nitrogens is 1. The predicted octanol–water partition coefficient (Wildman–Crippen LogP) is 1.63. The SMILES string of the molecule is O=Cc1cc(OC(F)F)ncc1F. The Labute approximate surface area is 71.2 Å². The molecule has 0 aliphatic heterocycles. The molecular formula is C7H4F3NO2. The van der Waals surface area contributed by atoms with Gasteiger partial charge in [0.1, 0.15) is 0 Å². The Kier molecular flexibility index (Phi) is 2.84. The zero-order valence-electron chi connectivity index (χ0n) is 6.21. The first-order valence-electron chi connectivity index (χ1n) is 3.19. The van der Waals surface area contributed by atoms with Crippen molar-refractivity contribution in [1.82, 2.24) is 4.98 Å². The molecule has 0 unspecified atom stereocenters. The fourth-order valence-corrected chi connectivity index (χ4v) is 0.680. The van der Waals surface area contributed by atoms with Gasteiger partial charge < -0.3 is 4.74 Å². The number of nitrogens with zero attached hydrogens (tertiary/aromatic N) is 1. The zero-order valence-corrected chi connectivity index (χ0v) is 6.21. The van der Waals surface area contributed by atoms with Crippen LogP contribution in [0, 0.1) is 5.82 Å². The normalized spacial score (nSPS) is 10.2. The van der Waals surface area contributed by atoms with Crippen molar-refractivity contribution >= 4 is 6.29 Å². The van der Waals surface area contributed by atoms with E-state index in [9.17, 15) is 18.0 Å². The zero-order chi connectivity index (χ0) is 9.84. The number of halogens is 3. The highest BCUT2D eigenvalue weighted by molar-refractivity contribution is 5.75. The molecule has 0 bridgehead atoms. The fourth-order valence-electron chi connectivity index (χ4n) is 0.680. The maximum atomic E-state index is 12.6. The largest absolute Gasteiger partial charge is 0.417 e. The second-order valence-corrected chi connectivity index (χ2v) is 2.04. The molecule has 1 aromatic rings. The van der Waals surface area contributed by atoms with Crippen molar-refractivity contribution in [2.24, 2.45) is 0 Å². The molecule has 1 aromatic heterocycles. The summed E-state index contributed by atoms with van der Waals surface area (Å²) in [6, 6.07) is 0.800. The quantitative estimate of drug-likeness (QED) is 0.681. The van der Waals surface area contributed by atoms with E-state index in [4.69, 9.17) is 0 Å². The van der Waals surface area contributed by atoms with Gasteiger partial charge in [-0.25, -0.2) is 9.37 Å². The number of alkyl halides is 2. The van der Waals surface area contributed by atoms with Crippen molar-refractivity contribution in [3.8, 4) is 5.88 Å². The van der Waals surface area contributed by atoms with Crippen molar-refractivity contribution < 1.29 is 22.7 Å². The number of pyridine rings is 1. The molecular weight excluding hydrogens is 187 g/mol. The highest BCUT2D eigenvalue weighted by Gasteiger charge is 2.08. The molecule has 0 N–H and O–H groups in total. The van der Waals surface area contributed by atoms with Crippen molar-refractivity contribution in [2.45, 2.75) is 6.61 Å². The van der Waals surface area contributed by atoms with Crippen LogP contribution in [0.2, 0.25) is 0 Å². The molecule has 0 radical (unpaired) electrons. The smallest absolute Gasteiger partial charge is 0.388 e. The molecule has 0 saturated carbocycles. The molecule has 0 aliphatic carbocycles. The summed E-state index contributed by atoms with van der Waals surface area (Å²) in [6.07, 6.45) is 0.830. The highest BCUT2D eigenvalue weighted by Crippen LogP contribution is 2.13. The minimum absolute atomic E-state index is 0.190. The lowest BCUT2D eigenvalue weighted by Crippen LogP contribution is -2.04. The lowest BCUT2D eigenvalue weighted by molar-refractivity contribution is -0.0529. The van der Waals surface area contributed by atoms with Crippen molar-refractivity contribution in [2.75, 3.05) is 0 Å². The second-order valence-electron chi connectivity index (χ2n) is 2.04. The van der Waals surface area contributed by atoms with Gasteiger partial charge in [-0.05, 0) is 0 Å². The molecule has 0 aromatic carbocycles. The van der Waals surface area contributed by atoms with E-state index in [0.29, 0.717) is 6.20 Å². The Morgan fingerprint density at radius 3 is 2.77 bits per heavy atom. The molecule has 0 aliphatic rings. The van der Waals surface area contributed by atoms with E-state index in [2.05, 4.69) is 9.72 Å². The monoisotopic (exact) mass is 191 g/mol. The highest BCUT2D eigenvalue weighted by atomic mass is 19.3. The first-order valence-corrected chi connectivity index (χ1v) is 3.19. The van der Waals surface area contributed by atoms with Crippen LogP contribution in [-0.2, 0) is 0 Å². The van der Waals surface area contributed by atoms with Gasteiger partial charge in [0.25, 0.3) is 0 Å². The van der Waals surface area contributed by atoms with Gasteiger partial charge in [-0.15, -0.1) is 0 Å². The van der Waals surface area contributed by atoms with Gasteiger partial charge in [-0.3, -0.25) is 4.79 Å². The molecule has 70 valence electrons. The molecule has 0 atom stereocenters. The summed E-state index contributed by atoms with van der Waals surface area (Å²) in [5.41, 5.74) is -0.370. The summed E-state index contributed by atoms with van der Waals surface area (Å²) < 4.78 is 39.6. The summed E-state index contributed by atoms with van der Waals surface area (Å²) in [5.74, 6) is -1.37. The third kappa shape index (κ3) is 2.43. The first-order chi connectivity index (χ1) is 6.13. The van der Waals surface area contributed by atoms with Crippen LogP contribution in [-0.4, -0.2) is 17.9 Å². The average Bonchev–Trinajstić information content (AvgIpc) is 2.07. The predicted molar refractivity (Wildman–Crippen MR) is 36.2 cm³/mol. The summed E-state index contributed by atoms with van der Waals surface area (Å²) in [5, 5.41) is 0. The number of rotatable bonds is 3. The number of hydrogen-bond donors (Lipinski definition) is 0. The first kappa shape index (κ1) is 9.50. The van der Waals surface area contributed by atoms with E-state index < -0.39 is 18.3 Å². The van der Waals surface area contributed by atoms with Crippen LogP contribution in [0.3, 0.4) is 0 Å². The summed E-state index contributed by atoms with van der Waals surface area (Å²) in [6.45, 7) is -3.04. The molecule has 0 saturated heterocycles. The van der Waals surface area contributed by atoms with E-state index in [1.165, 1.54) is 0 Å². The number of ether oxygens (including phenoxy) is 1. The second kappa shape index (κ2) is 3.88. The van der Waals surface area contributed by atoms with Crippen LogP contribution >= 0.6 is 0 Å². The molecule has 6 heteroatoms. The van der Waals surface area contributed by atoms with Gasteiger partial charge in [0.2, 0.25) is 5.88 Å². The van der Waals surface area contributed by atoms with E-state index >= 15 is 0 Å². The van der Waals surface area contributed by atoms with Crippen LogP contribution < -0.4 is 4.74 Å². The summed E-state index contributed by atoms with van der Waals surface area (Å²) in [4.78, 5) is 13.3. The van der Waals surface area contributed by atoms with E-state index in [1.807, 2.05) is 0 Å². The van der Waals surface area contributed by atoms with Crippen LogP contribution in [0.25, 0.3) is 0 Å². The van der Waals surface area contributed by atoms with Gasteiger partial charge in [-0.2, -0.15) is 8.78 Å². The molecule has 13 heavy (non-hydrogen) atoms. The number of carbonyl (C=O) groups excluding carboxylic acids is 1. The van der Waals surface area contributed by atoms with Gasteiger partial charge >= 0.3 is 6.61 Å². The minimum Gasteiger partial charge on any atom is -0.417 e. The van der Waals surface area contributed by atoms with Crippen molar-refractivity contribution in [1.29, 1.82) is 0 Å². The third-order valence-corrected chi connectivity index (χ3v) is 1.20.